The van der Waals surface area contributed by atoms with Gasteiger partial charge in [0.15, 0.2) is 0 Å². The van der Waals surface area contributed by atoms with Crippen LogP contribution >= 0.6 is 0 Å². The fourth-order valence-electron chi connectivity index (χ4n) is 2.48. The Labute approximate surface area is 159 Å². The zero-order valence-corrected chi connectivity index (χ0v) is 15.2. The highest BCUT2D eigenvalue weighted by Crippen LogP contribution is 2.25. The van der Waals surface area contributed by atoms with E-state index in [1.165, 1.54) is 0 Å². The van der Waals surface area contributed by atoms with Crippen LogP contribution in [0.4, 0.5) is 5.69 Å². The van der Waals surface area contributed by atoms with Crippen LogP contribution in [0.25, 0.3) is 0 Å². The maximum Gasteiger partial charge on any atom is 0.255 e. The Hall–Kier alpha value is -3.34. The van der Waals surface area contributed by atoms with Crippen LogP contribution in [0.1, 0.15) is 29.3 Å². The van der Waals surface area contributed by atoms with E-state index in [2.05, 4.69) is 10.3 Å². The van der Waals surface area contributed by atoms with Crippen molar-refractivity contribution < 1.29 is 14.3 Å². The molecular weight excluding hydrogens is 340 g/mol. The smallest absolute Gasteiger partial charge is 0.255 e. The number of nitrogens with one attached hydrogen (secondary N) is 1. The van der Waals surface area contributed by atoms with Gasteiger partial charge in [0.1, 0.15) is 18.1 Å². The maximum atomic E-state index is 12.6. The Bertz CT molecular complexity index is 881. The minimum atomic E-state index is -0.214. The zero-order valence-electron chi connectivity index (χ0n) is 15.2. The van der Waals surface area contributed by atoms with Gasteiger partial charge in [0.05, 0.1) is 12.3 Å². The molecule has 0 bridgehead atoms. The summed E-state index contributed by atoms with van der Waals surface area (Å²) in [6.07, 6.45) is 4.37. The van der Waals surface area contributed by atoms with Gasteiger partial charge in [0, 0.05) is 23.5 Å². The fraction of sp³-hybridized carbons (Fsp3) is 0.182. The van der Waals surface area contributed by atoms with E-state index in [4.69, 9.17) is 9.47 Å². The summed E-state index contributed by atoms with van der Waals surface area (Å²) in [5.41, 5.74) is 2.14. The standard InChI is InChI=1S/C22H22N2O3/c1-2-13-26-21-11-4-3-10-20(21)24-22(25)18-8-5-9-19(14-18)27-16-17-7-6-12-23-15-17/h3-12,14-15H,2,13,16H2,1H3,(H,24,25). The number of para-hydroxylation sites is 2. The second-order valence-corrected chi connectivity index (χ2v) is 5.98. The van der Waals surface area contributed by atoms with Crippen molar-refractivity contribution in [3.05, 3.63) is 84.2 Å². The molecule has 5 heteroatoms. The number of hydrogen-bond acceptors (Lipinski definition) is 4. The molecule has 0 aliphatic carbocycles. The van der Waals surface area contributed by atoms with Crippen molar-refractivity contribution in [3.8, 4) is 11.5 Å². The van der Waals surface area contributed by atoms with Crippen LogP contribution in [0.15, 0.2) is 73.1 Å². The Morgan fingerprint density at radius 2 is 1.93 bits per heavy atom. The van der Waals surface area contributed by atoms with Crippen molar-refractivity contribution in [1.29, 1.82) is 0 Å². The normalized spacial score (nSPS) is 10.3. The number of amides is 1. The summed E-state index contributed by atoms with van der Waals surface area (Å²) < 4.78 is 11.5. The van der Waals surface area contributed by atoms with Crippen LogP contribution in [-0.4, -0.2) is 17.5 Å². The molecule has 3 rings (SSSR count). The molecule has 0 fully saturated rings. The number of carbonyl (C=O) groups excluding carboxylic acids is 1. The average Bonchev–Trinajstić information content (AvgIpc) is 2.72. The van der Waals surface area contributed by atoms with Gasteiger partial charge in [0.25, 0.3) is 5.91 Å². The summed E-state index contributed by atoms with van der Waals surface area (Å²) in [6.45, 7) is 3.04. The summed E-state index contributed by atoms with van der Waals surface area (Å²) in [7, 11) is 0. The van der Waals surface area contributed by atoms with Crippen LogP contribution in [0, 0.1) is 0 Å². The van der Waals surface area contributed by atoms with Crippen LogP contribution < -0.4 is 14.8 Å². The number of anilines is 1. The largest absolute Gasteiger partial charge is 0.491 e. The quantitative estimate of drug-likeness (QED) is 0.631. The van der Waals surface area contributed by atoms with Gasteiger partial charge < -0.3 is 14.8 Å². The van der Waals surface area contributed by atoms with E-state index in [0.29, 0.717) is 36.0 Å². The molecule has 1 amide bonds. The third kappa shape index (κ3) is 5.31. The van der Waals surface area contributed by atoms with Crippen LogP contribution in [0.2, 0.25) is 0 Å². The Kier molecular flexibility index (Phi) is 6.41. The van der Waals surface area contributed by atoms with Crippen molar-refractivity contribution in [2.24, 2.45) is 0 Å². The SMILES string of the molecule is CCCOc1ccccc1NC(=O)c1cccc(OCc2cccnc2)c1. The number of hydrogen-bond donors (Lipinski definition) is 1. The van der Waals surface area contributed by atoms with Crippen molar-refractivity contribution in [3.63, 3.8) is 0 Å². The molecule has 0 saturated heterocycles. The van der Waals surface area contributed by atoms with Gasteiger partial charge >= 0.3 is 0 Å². The van der Waals surface area contributed by atoms with Crippen LogP contribution in [0.3, 0.4) is 0 Å². The first kappa shape index (κ1) is 18.5. The van der Waals surface area contributed by atoms with Crippen LogP contribution in [-0.2, 0) is 6.61 Å². The summed E-state index contributed by atoms with van der Waals surface area (Å²) >= 11 is 0. The van der Waals surface area contributed by atoms with Crippen molar-refractivity contribution in [1.82, 2.24) is 4.98 Å². The second kappa shape index (κ2) is 9.38. The monoisotopic (exact) mass is 362 g/mol. The third-order valence-electron chi connectivity index (χ3n) is 3.82. The molecule has 0 unspecified atom stereocenters. The summed E-state index contributed by atoms with van der Waals surface area (Å²) in [5.74, 6) is 1.08. The number of nitrogens with zero attached hydrogens (tertiary/aromatic N) is 1. The second-order valence-electron chi connectivity index (χ2n) is 5.98. The topological polar surface area (TPSA) is 60.5 Å². The predicted octanol–water partition coefficient (Wildman–Crippen LogP) is 4.70. The first-order chi connectivity index (χ1) is 13.3. The molecule has 0 radical (unpaired) electrons. The fourth-order valence-corrected chi connectivity index (χ4v) is 2.48. The molecule has 0 aliphatic heterocycles. The number of pyridine rings is 1. The molecule has 5 nitrogen and oxygen atoms in total. The van der Waals surface area contributed by atoms with Crippen molar-refractivity contribution in [2.75, 3.05) is 11.9 Å². The highest BCUT2D eigenvalue weighted by Gasteiger charge is 2.10. The summed E-state index contributed by atoms with van der Waals surface area (Å²) in [4.78, 5) is 16.7. The van der Waals surface area contributed by atoms with Gasteiger partial charge in [-0.25, -0.2) is 0 Å². The lowest BCUT2D eigenvalue weighted by atomic mass is 10.2. The molecule has 3 aromatic rings. The third-order valence-corrected chi connectivity index (χ3v) is 3.82. The predicted molar refractivity (Wildman–Crippen MR) is 105 cm³/mol. The van der Waals surface area contributed by atoms with E-state index in [-0.39, 0.29) is 5.91 Å². The van der Waals surface area contributed by atoms with Gasteiger partial charge in [-0.2, -0.15) is 0 Å². The Morgan fingerprint density at radius 1 is 1.04 bits per heavy atom. The molecule has 0 spiro atoms. The van der Waals surface area contributed by atoms with Crippen LogP contribution in [0.5, 0.6) is 11.5 Å². The van der Waals surface area contributed by atoms with Gasteiger partial charge in [-0.15, -0.1) is 0 Å². The van der Waals surface area contributed by atoms with Gasteiger partial charge in [-0.05, 0) is 42.8 Å². The molecular formula is C22H22N2O3. The lowest BCUT2D eigenvalue weighted by Gasteiger charge is -2.12. The van der Waals surface area contributed by atoms with Crippen molar-refractivity contribution in [2.45, 2.75) is 20.0 Å². The van der Waals surface area contributed by atoms with E-state index in [0.717, 1.165) is 12.0 Å². The highest BCUT2D eigenvalue weighted by atomic mass is 16.5. The van der Waals surface area contributed by atoms with Gasteiger partial charge in [0.2, 0.25) is 0 Å². The molecule has 0 saturated carbocycles. The Balaban J connectivity index is 1.67. The Morgan fingerprint density at radius 3 is 2.74 bits per heavy atom. The molecule has 1 aromatic heterocycles. The lowest BCUT2D eigenvalue weighted by Crippen LogP contribution is -2.13. The van der Waals surface area contributed by atoms with Gasteiger partial charge in [-0.3, -0.25) is 9.78 Å². The van der Waals surface area contributed by atoms with E-state index >= 15 is 0 Å². The van der Waals surface area contributed by atoms with Crippen molar-refractivity contribution >= 4 is 11.6 Å². The molecule has 2 aromatic carbocycles. The molecule has 0 aliphatic rings. The maximum absolute atomic E-state index is 12.6. The molecule has 138 valence electrons. The van der Waals surface area contributed by atoms with E-state index < -0.39 is 0 Å². The van der Waals surface area contributed by atoms with E-state index in [9.17, 15) is 4.79 Å². The minimum absolute atomic E-state index is 0.214. The lowest BCUT2D eigenvalue weighted by molar-refractivity contribution is 0.102. The summed E-state index contributed by atoms with van der Waals surface area (Å²) in [6, 6.07) is 18.3. The number of aromatic nitrogens is 1. The number of ether oxygens (including phenoxy) is 2. The molecule has 1 N–H and O–H groups in total. The first-order valence-corrected chi connectivity index (χ1v) is 8.91. The molecule has 0 atom stereocenters. The summed E-state index contributed by atoms with van der Waals surface area (Å²) in [5, 5.41) is 2.91. The zero-order chi connectivity index (χ0) is 18.9. The van der Waals surface area contributed by atoms with Gasteiger partial charge in [-0.1, -0.05) is 31.2 Å². The molecule has 27 heavy (non-hydrogen) atoms. The molecule has 1 heterocycles. The number of benzene rings is 2. The van der Waals surface area contributed by atoms with E-state index in [1.807, 2.05) is 49.4 Å². The highest BCUT2D eigenvalue weighted by molar-refractivity contribution is 6.05. The average molecular weight is 362 g/mol. The minimum Gasteiger partial charge on any atom is -0.491 e. The number of carbonyl (C=O) groups is 1. The number of rotatable bonds is 8. The first-order valence-electron chi connectivity index (χ1n) is 8.91. The van der Waals surface area contributed by atoms with E-state index in [1.54, 1.807) is 30.6 Å².